The third-order valence-corrected chi connectivity index (χ3v) is 1.69. The highest BCUT2D eigenvalue weighted by molar-refractivity contribution is 6.00. The minimum atomic E-state index is 0.256. The van der Waals surface area contributed by atoms with Crippen LogP contribution in [0.4, 0.5) is 0 Å². The summed E-state index contributed by atoms with van der Waals surface area (Å²) in [6.45, 7) is 1.98. The summed E-state index contributed by atoms with van der Waals surface area (Å²) in [5.74, 6) is 5.43. The average molecular weight is 164 g/mol. The first-order valence-electron chi connectivity index (χ1n) is 3.84. The lowest BCUT2D eigenvalue weighted by Crippen LogP contribution is -2.01. The van der Waals surface area contributed by atoms with Crippen LogP contribution in [0.1, 0.15) is 18.9 Å². The summed E-state index contributed by atoms with van der Waals surface area (Å²) in [7, 11) is 0. The molecule has 0 saturated carbocycles. The Balaban J connectivity index is 2.96. The Labute approximate surface area is 71.5 Å². The highest BCUT2D eigenvalue weighted by Crippen LogP contribution is 2.11. The first kappa shape index (κ1) is 8.59. The molecular formula is C9H12N2O. The van der Waals surface area contributed by atoms with Crippen molar-refractivity contribution in [3.05, 3.63) is 29.8 Å². The van der Waals surface area contributed by atoms with E-state index >= 15 is 0 Å². The largest absolute Gasteiger partial charge is 0.508 e. The number of aromatic hydroxyl groups is 1. The van der Waals surface area contributed by atoms with Crippen LogP contribution in [0.25, 0.3) is 0 Å². The van der Waals surface area contributed by atoms with E-state index in [9.17, 15) is 0 Å². The van der Waals surface area contributed by atoms with E-state index in [2.05, 4.69) is 5.10 Å². The third kappa shape index (κ3) is 1.75. The van der Waals surface area contributed by atoms with Gasteiger partial charge >= 0.3 is 0 Å². The Bertz CT molecular complexity index is 277. The Morgan fingerprint density at radius 3 is 2.42 bits per heavy atom. The normalized spacial score (nSPS) is 11.6. The second kappa shape index (κ2) is 3.76. The van der Waals surface area contributed by atoms with Crippen LogP contribution >= 0.6 is 0 Å². The van der Waals surface area contributed by atoms with Crippen LogP contribution in [0, 0.1) is 0 Å². The fourth-order valence-electron chi connectivity index (χ4n) is 1.02. The van der Waals surface area contributed by atoms with Crippen LogP contribution in [-0.4, -0.2) is 10.8 Å². The highest BCUT2D eigenvalue weighted by atomic mass is 16.3. The summed E-state index contributed by atoms with van der Waals surface area (Å²) in [5, 5.41) is 12.7. The quantitative estimate of drug-likeness (QED) is 0.395. The predicted octanol–water partition coefficient (Wildman–Crippen LogP) is 1.46. The molecule has 3 N–H and O–H groups in total. The van der Waals surface area contributed by atoms with Crippen LogP contribution in [0.15, 0.2) is 29.4 Å². The molecule has 1 rings (SSSR count). The maximum atomic E-state index is 9.01. The summed E-state index contributed by atoms with van der Waals surface area (Å²) < 4.78 is 0. The minimum Gasteiger partial charge on any atom is -0.508 e. The van der Waals surface area contributed by atoms with Crippen LogP contribution in [0.3, 0.4) is 0 Å². The number of benzene rings is 1. The zero-order chi connectivity index (χ0) is 8.97. The number of nitrogens with two attached hydrogens (primary N) is 1. The molecule has 0 aliphatic heterocycles. The van der Waals surface area contributed by atoms with E-state index in [1.54, 1.807) is 24.3 Å². The van der Waals surface area contributed by atoms with Crippen molar-refractivity contribution in [2.75, 3.05) is 0 Å². The molecule has 3 nitrogen and oxygen atoms in total. The smallest absolute Gasteiger partial charge is 0.115 e. The number of phenols is 1. The monoisotopic (exact) mass is 164 g/mol. The van der Waals surface area contributed by atoms with Gasteiger partial charge in [0.25, 0.3) is 0 Å². The van der Waals surface area contributed by atoms with Crippen LogP contribution < -0.4 is 5.84 Å². The molecule has 0 aliphatic carbocycles. The van der Waals surface area contributed by atoms with E-state index in [0.29, 0.717) is 0 Å². The van der Waals surface area contributed by atoms with E-state index in [-0.39, 0.29) is 5.75 Å². The number of phenolic OH excluding ortho intramolecular Hbond substituents is 1. The van der Waals surface area contributed by atoms with Crippen molar-refractivity contribution in [3.8, 4) is 5.75 Å². The van der Waals surface area contributed by atoms with E-state index in [1.807, 2.05) is 6.92 Å². The zero-order valence-electron chi connectivity index (χ0n) is 6.99. The number of nitrogens with zero attached hydrogens (tertiary/aromatic N) is 1. The summed E-state index contributed by atoms with van der Waals surface area (Å²) >= 11 is 0. The first-order valence-corrected chi connectivity index (χ1v) is 3.84. The fourth-order valence-corrected chi connectivity index (χ4v) is 1.02. The third-order valence-electron chi connectivity index (χ3n) is 1.69. The molecule has 0 saturated heterocycles. The zero-order valence-corrected chi connectivity index (χ0v) is 6.99. The second-order valence-electron chi connectivity index (χ2n) is 2.48. The SMILES string of the molecule is CCC(=NN)c1ccc(O)cc1. The van der Waals surface area contributed by atoms with E-state index in [0.717, 1.165) is 17.7 Å². The minimum absolute atomic E-state index is 0.256. The maximum absolute atomic E-state index is 9.01. The molecule has 0 fully saturated rings. The van der Waals surface area contributed by atoms with Crippen molar-refractivity contribution in [1.29, 1.82) is 0 Å². The van der Waals surface area contributed by atoms with Gasteiger partial charge in [-0.1, -0.05) is 6.92 Å². The molecule has 0 aliphatic rings. The van der Waals surface area contributed by atoms with Crippen molar-refractivity contribution in [3.63, 3.8) is 0 Å². The molecule has 0 amide bonds. The van der Waals surface area contributed by atoms with Gasteiger partial charge in [-0.25, -0.2) is 0 Å². The summed E-state index contributed by atoms with van der Waals surface area (Å²) in [6.07, 6.45) is 0.793. The lowest BCUT2D eigenvalue weighted by Gasteiger charge is -2.01. The number of hydrazone groups is 1. The number of hydrogen-bond donors (Lipinski definition) is 2. The van der Waals surface area contributed by atoms with Gasteiger partial charge in [0.2, 0.25) is 0 Å². The number of hydrogen-bond acceptors (Lipinski definition) is 3. The highest BCUT2D eigenvalue weighted by Gasteiger charge is 1.99. The molecule has 0 bridgehead atoms. The molecule has 0 spiro atoms. The summed E-state index contributed by atoms with van der Waals surface area (Å²) in [6, 6.07) is 6.83. The predicted molar refractivity (Wildman–Crippen MR) is 49.1 cm³/mol. The molecule has 0 heterocycles. The first-order chi connectivity index (χ1) is 5.77. The van der Waals surface area contributed by atoms with Crippen molar-refractivity contribution in [2.45, 2.75) is 13.3 Å². The van der Waals surface area contributed by atoms with Gasteiger partial charge in [-0.05, 0) is 36.2 Å². The molecule has 0 aromatic heterocycles. The molecule has 12 heavy (non-hydrogen) atoms. The van der Waals surface area contributed by atoms with Gasteiger partial charge in [0.05, 0.1) is 5.71 Å². The van der Waals surface area contributed by atoms with Gasteiger partial charge < -0.3 is 10.9 Å². The van der Waals surface area contributed by atoms with Crippen molar-refractivity contribution in [1.82, 2.24) is 0 Å². The molecule has 0 unspecified atom stereocenters. The second-order valence-corrected chi connectivity index (χ2v) is 2.48. The van der Waals surface area contributed by atoms with Gasteiger partial charge in [0, 0.05) is 0 Å². The average Bonchev–Trinajstić information content (AvgIpc) is 2.10. The molecule has 0 atom stereocenters. The molecule has 1 aromatic rings. The lowest BCUT2D eigenvalue weighted by molar-refractivity contribution is 0.475. The van der Waals surface area contributed by atoms with Crippen molar-refractivity contribution < 1.29 is 5.11 Å². The molecule has 3 heteroatoms. The molecule has 1 aromatic carbocycles. The number of rotatable bonds is 2. The van der Waals surface area contributed by atoms with Gasteiger partial charge in [-0.15, -0.1) is 0 Å². The van der Waals surface area contributed by atoms with Crippen LogP contribution in [0.5, 0.6) is 5.75 Å². The molecule has 0 radical (unpaired) electrons. The van der Waals surface area contributed by atoms with Crippen molar-refractivity contribution in [2.24, 2.45) is 10.9 Å². The Kier molecular flexibility index (Phi) is 2.69. The van der Waals surface area contributed by atoms with Crippen LogP contribution in [0.2, 0.25) is 0 Å². The van der Waals surface area contributed by atoms with E-state index < -0.39 is 0 Å². The van der Waals surface area contributed by atoms with Gasteiger partial charge in [-0.3, -0.25) is 0 Å². The maximum Gasteiger partial charge on any atom is 0.115 e. The molecular weight excluding hydrogens is 152 g/mol. The van der Waals surface area contributed by atoms with E-state index in [1.165, 1.54) is 0 Å². The van der Waals surface area contributed by atoms with Gasteiger partial charge in [-0.2, -0.15) is 5.10 Å². The summed E-state index contributed by atoms with van der Waals surface area (Å²) in [5.41, 5.74) is 1.80. The van der Waals surface area contributed by atoms with Crippen LogP contribution in [-0.2, 0) is 0 Å². The van der Waals surface area contributed by atoms with Crippen molar-refractivity contribution >= 4 is 5.71 Å². The molecule has 64 valence electrons. The standard InChI is InChI=1S/C9H12N2O/c1-2-9(11-10)7-3-5-8(12)6-4-7/h3-6,12H,2,10H2,1H3. The fraction of sp³-hybridized carbons (Fsp3) is 0.222. The Morgan fingerprint density at radius 1 is 1.42 bits per heavy atom. The van der Waals surface area contributed by atoms with E-state index in [4.69, 9.17) is 10.9 Å². The Morgan fingerprint density at radius 2 is 2.00 bits per heavy atom. The van der Waals surface area contributed by atoms with Gasteiger partial charge in [0.15, 0.2) is 0 Å². The van der Waals surface area contributed by atoms with Gasteiger partial charge in [0.1, 0.15) is 5.75 Å². The Hall–Kier alpha value is -1.51. The lowest BCUT2D eigenvalue weighted by atomic mass is 10.1. The topological polar surface area (TPSA) is 58.6 Å². The summed E-state index contributed by atoms with van der Waals surface area (Å²) in [4.78, 5) is 0.